The third-order valence-electron chi connectivity index (χ3n) is 4.96. The Balaban J connectivity index is 0.00000420. The van der Waals surface area contributed by atoms with Gasteiger partial charge in [-0.05, 0) is 57.2 Å². The number of benzene rings is 1. The molecular weight excluding hydrogens is 485 g/mol. The molecule has 1 fully saturated rings. The average molecular weight is 519 g/mol. The normalized spacial score (nSPS) is 20.2. The van der Waals surface area contributed by atoms with Crippen LogP contribution in [0.15, 0.2) is 29.3 Å². The van der Waals surface area contributed by atoms with Crippen molar-refractivity contribution in [2.75, 3.05) is 26.8 Å². The summed E-state index contributed by atoms with van der Waals surface area (Å²) in [5, 5.41) is 17.1. The summed E-state index contributed by atoms with van der Waals surface area (Å²) in [5.74, 6) is 1.38. The molecule has 0 radical (unpaired) electrons. The molecule has 0 aliphatic heterocycles. The second kappa shape index (κ2) is 13.6. The van der Waals surface area contributed by atoms with Crippen LogP contribution in [-0.4, -0.2) is 49.9 Å². The van der Waals surface area contributed by atoms with Crippen molar-refractivity contribution in [1.29, 1.82) is 0 Å². The molecule has 0 bridgehead atoms. The summed E-state index contributed by atoms with van der Waals surface area (Å²) >= 11 is 0. The Morgan fingerprint density at radius 3 is 2.41 bits per heavy atom. The van der Waals surface area contributed by atoms with Crippen molar-refractivity contribution >= 4 is 35.9 Å². The monoisotopic (exact) mass is 519 g/mol. The fraction of sp³-hybridized carbons (Fsp3) is 0.619. The molecule has 0 heterocycles. The van der Waals surface area contributed by atoms with Gasteiger partial charge in [-0.25, -0.2) is 0 Å². The molecule has 3 N–H and O–H groups in total. The molecule has 7 nitrogen and oxygen atoms in total. The number of halogens is 1. The molecule has 0 aromatic heterocycles. The van der Waals surface area contributed by atoms with E-state index in [-0.39, 0.29) is 48.5 Å². The van der Waals surface area contributed by atoms with E-state index in [0.717, 1.165) is 43.5 Å². The third-order valence-corrected chi connectivity index (χ3v) is 4.96. The number of aliphatic hydroxyl groups excluding tert-OH is 1. The van der Waals surface area contributed by atoms with E-state index in [1.807, 2.05) is 38.1 Å². The zero-order valence-corrected chi connectivity index (χ0v) is 19.8. The number of guanidine groups is 1. The van der Waals surface area contributed by atoms with Gasteiger partial charge in [-0.3, -0.25) is 9.79 Å². The zero-order chi connectivity index (χ0) is 20.4. The van der Waals surface area contributed by atoms with Crippen LogP contribution in [0.25, 0.3) is 0 Å². The number of ether oxygens (including phenoxy) is 2. The van der Waals surface area contributed by atoms with Crippen molar-refractivity contribution in [2.45, 2.75) is 51.7 Å². The molecule has 8 heteroatoms. The van der Waals surface area contributed by atoms with Crippen LogP contribution in [0.1, 0.15) is 51.2 Å². The van der Waals surface area contributed by atoms with Gasteiger partial charge in [0.1, 0.15) is 5.75 Å². The van der Waals surface area contributed by atoms with Crippen molar-refractivity contribution in [2.24, 2.45) is 10.9 Å². The largest absolute Gasteiger partial charge is 0.497 e. The number of rotatable bonds is 8. The molecule has 0 amide bonds. The zero-order valence-electron chi connectivity index (χ0n) is 17.5. The molecule has 1 atom stereocenters. The maximum Gasteiger partial charge on any atom is 0.308 e. The Kier molecular flexibility index (Phi) is 12.0. The van der Waals surface area contributed by atoms with E-state index in [1.54, 1.807) is 7.11 Å². The van der Waals surface area contributed by atoms with Gasteiger partial charge in [-0.2, -0.15) is 0 Å². The molecule has 1 aromatic rings. The summed E-state index contributed by atoms with van der Waals surface area (Å²) in [6.07, 6.45) is 2.76. The van der Waals surface area contributed by atoms with Crippen molar-refractivity contribution in [3.05, 3.63) is 29.8 Å². The Bertz CT molecular complexity index is 631. The molecule has 1 aromatic carbocycles. The second-order valence-corrected chi connectivity index (χ2v) is 6.95. The number of nitrogens with one attached hydrogen (secondary N) is 2. The van der Waals surface area contributed by atoms with E-state index in [2.05, 4.69) is 15.6 Å². The summed E-state index contributed by atoms with van der Waals surface area (Å²) in [6, 6.07) is 7.61. The van der Waals surface area contributed by atoms with Gasteiger partial charge >= 0.3 is 5.97 Å². The Hall–Kier alpha value is -1.55. The predicted molar refractivity (Wildman–Crippen MR) is 125 cm³/mol. The quantitative estimate of drug-likeness (QED) is 0.212. The molecule has 164 valence electrons. The summed E-state index contributed by atoms with van der Waals surface area (Å²) in [7, 11) is 1.62. The first-order chi connectivity index (χ1) is 13.6. The highest BCUT2D eigenvalue weighted by atomic mass is 127. The highest BCUT2D eigenvalue weighted by Gasteiger charge is 2.27. The molecule has 2 rings (SSSR count). The van der Waals surface area contributed by atoms with Gasteiger partial charge in [0, 0.05) is 12.6 Å². The maximum absolute atomic E-state index is 11.9. The van der Waals surface area contributed by atoms with E-state index < -0.39 is 6.10 Å². The number of carbonyl (C=O) groups is 1. The van der Waals surface area contributed by atoms with Gasteiger partial charge in [0.05, 0.1) is 32.3 Å². The maximum atomic E-state index is 11.9. The van der Waals surface area contributed by atoms with Crippen molar-refractivity contribution in [3.63, 3.8) is 0 Å². The Morgan fingerprint density at radius 2 is 1.86 bits per heavy atom. The lowest BCUT2D eigenvalue weighted by molar-refractivity contribution is -0.149. The second-order valence-electron chi connectivity index (χ2n) is 6.95. The Morgan fingerprint density at radius 1 is 1.21 bits per heavy atom. The summed E-state index contributed by atoms with van der Waals surface area (Å²) in [4.78, 5) is 16.4. The number of aliphatic hydroxyl groups is 1. The number of aliphatic imine (C=N–C) groups is 1. The van der Waals surface area contributed by atoms with Crippen molar-refractivity contribution in [3.8, 4) is 5.75 Å². The number of hydrogen-bond donors (Lipinski definition) is 3. The van der Waals surface area contributed by atoms with Crippen LogP contribution < -0.4 is 15.4 Å². The highest BCUT2D eigenvalue weighted by Crippen LogP contribution is 2.25. The van der Waals surface area contributed by atoms with Crippen LogP contribution in [0.2, 0.25) is 0 Å². The van der Waals surface area contributed by atoms with Crippen LogP contribution in [-0.2, 0) is 9.53 Å². The summed E-state index contributed by atoms with van der Waals surface area (Å²) < 4.78 is 10.3. The minimum Gasteiger partial charge on any atom is -0.497 e. The molecular formula is C21H34IN3O4. The lowest BCUT2D eigenvalue weighted by Gasteiger charge is -2.29. The lowest BCUT2D eigenvalue weighted by Crippen LogP contribution is -2.45. The van der Waals surface area contributed by atoms with E-state index in [4.69, 9.17) is 9.47 Å². The van der Waals surface area contributed by atoms with Gasteiger partial charge in [0.15, 0.2) is 5.96 Å². The van der Waals surface area contributed by atoms with E-state index in [1.165, 1.54) is 0 Å². The van der Waals surface area contributed by atoms with Crippen LogP contribution in [0.3, 0.4) is 0 Å². The van der Waals surface area contributed by atoms with Gasteiger partial charge in [0.25, 0.3) is 0 Å². The number of methoxy groups -OCH3 is 1. The van der Waals surface area contributed by atoms with Gasteiger partial charge in [-0.15, -0.1) is 24.0 Å². The SMILES string of the molecule is CCNC(=NCC(O)c1ccc(OC)cc1)NC1CCC(C(=O)OCC)CC1.I. The summed E-state index contributed by atoms with van der Waals surface area (Å²) in [5.41, 5.74) is 0.801. The number of esters is 1. The molecule has 0 saturated heterocycles. The number of nitrogens with zero attached hydrogens (tertiary/aromatic N) is 1. The third kappa shape index (κ3) is 8.38. The van der Waals surface area contributed by atoms with Crippen molar-refractivity contribution in [1.82, 2.24) is 10.6 Å². The molecule has 1 aliphatic carbocycles. The first-order valence-electron chi connectivity index (χ1n) is 10.1. The van der Waals surface area contributed by atoms with Crippen LogP contribution >= 0.6 is 24.0 Å². The predicted octanol–water partition coefficient (Wildman–Crippen LogP) is 3.02. The minimum atomic E-state index is -0.680. The fourth-order valence-corrected chi connectivity index (χ4v) is 3.36. The van der Waals surface area contributed by atoms with Gasteiger partial charge < -0.3 is 25.2 Å². The molecule has 1 unspecified atom stereocenters. The number of carbonyl (C=O) groups excluding carboxylic acids is 1. The lowest BCUT2D eigenvalue weighted by atomic mass is 9.86. The van der Waals surface area contributed by atoms with E-state index >= 15 is 0 Å². The van der Waals surface area contributed by atoms with E-state index in [0.29, 0.717) is 12.6 Å². The smallest absolute Gasteiger partial charge is 0.308 e. The first-order valence-corrected chi connectivity index (χ1v) is 10.1. The van der Waals surface area contributed by atoms with Crippen molar-refractivity contribution < 1.29 is 19.4 Å². The minimum absolute atomic E-state index is 0. The molecule has 29 heavy (non-hydrogen) atoms. The number of hydrogen-bond acceptors (Lipinski definition) is 5. The van der Waals surface area contributed by atoms with Crippen LogP contribution in [0, 0.1) is 5.92 Å². The van der Waals surface area contributed by atoms with E-state index in [9.17, 15) is 9.90 Å². The first kappa shape index (κ1) is 25.5. The average Bonchev–Trinajstić information content (AvgIpc) is 2.72. The van der Waals surface area contributed by atoms with Crippen LogP contribution in [0.4, 0.5) is 0 Å². The molecule has 1 aliphatic rings. The molecule has 0 spiro atoms. The summed E-state index contributed by atoms with van der Waals surface area (Å²) in [6.45, 7) is 5.28. The fourth-order valence-electron chi connectivity index (χ4n) is 3.36. The van der Waals surface area contributed by atoms with Gasteiger partial charge in [-0.1, -0.05) is 12.1 Å². The van der Waals surface area contributed by atoms with Crippen LogP contribution in [0.5, 0.6) is 5.75 Å². The standard InChI is InChI=1S/C21H33N3O4.HI/c1-4-22-21(23-14-19(25)15-8-12-18(27-3)13-9-15)24-17-10-6-16(7-11-17)20(26)28-5-2;/h8-9,12-13,16-17,19,25H,4-7,10-11,14H2,1-3H3,(H2,22,23,24);1H. The Labute approximate surface area is 190 Å². The van der Waals surface area contributed by atoms with Gasteiger partial charge in [0.2, 0.25) is 0 Å². The topological polar surface area (TPSA) is 92.2 Å². The molecule has 1 saturated carbocycles. The highest BCUT2D eigenvalue weighted by molar-refractivity contribution is 14.0.